The van der Waals surface area contributed by atoms with Crippen molar-refractivity contribution in [2.24, 2.45) is 5.92 Å². The molecule has 0 atom stereocenters. The number of aryl methyl sites for hydroxylation is 1. The highest BCUT2D eigenvalue weighted by Crippen LogP contribution is 2.28. The maximum atomic E-state index is 6.11. The van der Waals surface area contributed by atoms with E-state index in [2.05, 4.69) is 13.8 Å². The van der Waals surface area contributed by atoms with Gasteiger partial charge < -0.3 is 8.85 Å². The monoisotopic (exact) mass is 272 g/mol. The molecule has 0 N–H and O–H groups in total. The first-order valence-electron chi connectivity index (χ1n) is 5.89. The van der Waals surface area contributed by atoms with E-state index in [1.807, 2.05) is 38.2 Å². The zero-order chi connectivity index (χ0) is 13.1. The van der Waals surface area contributed by atoms with Crippen molar-refractivity contribution in [2.75, 3.05) is 6.61 Å². The minimum Gasteiger partial charge on any atom is -0.519 e. The van der Waals surface area contributed by atoms with Gasteiger partial charge in [0.1, 0.15) is 5.75 Å². The van der Waals surface area contributed by atoms with E-state index in [0.717, 1.165) is 17.9 Å². The number of rotatable bonds is 5. The van der Waals surface area contributed by atoms with Gasteiger partial charge in [-0.15, -0.1) is 0 Å². The average Bonchev–Trinajstić information content (AvgIpc) is 2.20. The summed E-state index contributed by atoms with van der Waals surface area (Å²) in [7, 11) is -2.15. The maximum absolute atomic E-state index is 6.11. The van der Waals surface area contributed by atoms with Gasteiger partial charge in [0.05, 0.1) is 5.02 Å². The van der Waals surface area contributed by atoms with Crippen molar-refractivity contribution in [3.63, 3.8) is 0 Å². The Kier molecular flexibility index (Phi) is 5.04. The van der Waals surface area contributed by atoms with E-state index in [4.69, 9.17) is 20.5 Å². The number of halogens is 1. The van der Waals surface area contributed by atoms with Gasteiger partial charge in [-0.2, -0.15) is 0 Å². The number of benzene rings is 1. The Hall–Kier alpha value is -0.513. The van der Waals surface area contributed by atoms with Crippen LogP contribution in [-0.4, -0.2) is 15.2 Å². The van der Waals surface area contributed by atoms with E-state index in [1.165, 1.54) is 0 Å². The molecule has 2 nitrogen and oxygen atoms in total. The van der Waals surface area contributed by atoms with Crippen LogP contribution in [0.2, 0.25) is 18.1 Å². The zero-order valence-corrected chi connectivity index (χ0v) is 13.0. The van der Waals surface area contributed by atoms with Gasteiger partial charge in [0.25, 0.3) is 0 Å². The van der Waals surface area contributed by atoms with Crippen LogP contribution in [-0.2, 0) is 4.43 Å². The summed E-state index contributed by atoms with van der Waals surface area (Å²) in [6.45, 7) is 11.1. The van der Waals surface area contributed by atoms with Gasteiger partial charge in [0.2, 0.25) is 0 Å². The second-order valence-electron chi connectivity index (χ2n) is 5.14. The Morgan fingerprint density at radius 3 is 2.53 bits per heavy atom. The molecule has 0 aliphatic carbocycles. The minimum absolute atomic E-state index is 0.512. The smallest absolute Gasteiger partial charge is 0.392 e. The van der Waals surface area contributed by atoms with Gasteiger partial charge in [0.15, 0.2) is 0 Å². The second-order valence-corrected chi connectivity index (χ2v) is 8.84. The van der Waals surface area contributed by atoms with Crippen LogP contribution in [0.3, 0.4) is 0 Å². The van der Waals surface area contributed by atoms with Crippen LogP contribution in [0.5, 0.6) is 5.75 Å². The summed E-state index contributed by atoms with van der Waals surface area (Å²) < 4.78 is 11.8. The van der Waals surface area contributed by atoms with Crippen LogP contribution in [0.25, 0.3) is 0 Å². The van der Waals surface area contributed by atoms with Crippen LogP contribution in [0, 0.1) is 12.8 Å². The van der Waals surface area contributed by atoms with Gasteiger partial charge in [-0.05, 0) is 43.6 Å². The molecule has 96 valence electrons. The largest absolute Gasteiger partial charge is 0.519 e. The summed E-state index contributed by atoms with van der Waals surface area (Å²) in [4.78, 5) is 0. The van der Waals surface area contributed by atoms with Crippen LogP contribution < -0.4 is 4.43 Å². The topological polar surface area (TPSA) is 18.5 Å². The van der Waals surface area contributed by atoms with Gasteiger partial charge in [0, 0.05) is 6.61 Å². The SMILES string of the molecule is Cc1ccc(Cl)c(O[Si](C)(C)OCC(C)C)c1. The zero-order valence-electron chi connectivity index (χ0n) is 11.2. The molecule has 0 aliphatic heterocycles. The third-order valence-electron chi connectivity index (χ3n) is 2.21. The van der Waals surface area contributed by atoms with Crippen molar-refractivity contribution in [2.45, 2.75) is 33.9 Å². The van der Waals surface area contributed by atoms with E-state index in [-0.39, 0.29) is 0 Å². The predicted octanol–water partition coefficient (Wildman–Crippen LogP) is 4.40. The first kappa shape index (κ1) is 14.5. The standard InChI is InChI=1S/C13H21ClO2Si/c1-10(2)9-15-17(4,5)16-13-8-11(3)6-7-12(13)14/h6-8,10H,9H2,1-5H3. The van der Waals surface area contributed by atoms with Crippen molar-refractivity contribution in [1.82, 2.24) is 0 Å². The Morgan fingerprint density at radius 1 is 1.29 bits per heavy atom. The third kappa shape index (κ3) is 5.11. The molecule has 17 heavy (non-hydrogen) atoms. The molecule has 0 unspecified atom stereocenters. The molecule has 0 amide bonds. The third-order valence-corrected chi connectivity index (χ3v) is 4.09. The first-order chi connectivity index (χ1) is 7.80. The van der Waals surface area contributed by atoms with E-state index < -0.39 is 8.56 Å². The summed E-state index contributed by atoms with van der Waals surface area (Å²) in [5.74, 6) is 1.24. The highest BCUT2D eigenvalue weighted by Gasteiger charge is 2.27. The molecule has 0 bridgehead atoms. The molecule has 1 rings (SSSR count). The Morgan fingerprint density at radius 2 is 1.94 bits per heavy atom. The Bertz CT molecular complexity index is 378. The first-order valence-corrected chi connectivity index (χ1v) is 9.09. The molecule has 1 aromatic carbocycles. The molecule has 0 spiro atoms. The molecule has 4 heteroatoms. The predicted molar refractivity (Wildman–Crippen MR) is 75.1 cm³/mol. The quantitative estimate of drug-likeness (QED) is 0.740. The lowest BCUT2D eigenvalue weighted by Gasteiger charge is -2.25. The van der Waals surface area contributed by atoms with Gasteiger partial charge in [-0.3, -0.25) is 0 Å². The second kappa shape index (κ2) is 5.89. The fourth-order valence-electron chi connectivity index (χ4n) is 1.35. The van der Waals surface area contributed by atoms with Crippen molar-refractivity contribution in [3.05, 3.63) is 28.8 Å². The molecule has 0 saturated carbocycles. The summed E-state index contributed by atoms with van der Waals surface area (Å²) in [5.41, 5.74) is 1.14. The number of hydrogen-bond acceptors (Lipinski definition) is 2. The average molecular weight is 273 g/mol. The molecule has 0 heterocycles. The van der Waals surface area contributed by atoms with Crippen molar-refractivity contribution in [1.29, 1.82) is 0 Å². The van der Waals surface area contributed by atoms with Crippen molar-refractivity contribution >= 4 is 20.2 Å². The summed E-state index contributed by atoms with van der Waals surface area (Å²) in [6.07, 6.45) is 0. The molecular formula is C13H21ClO2Si. The molecule has 0 aliphatic rings. The van der Waals surface area contributed by atoms with E-state index >= 15 is 0 Å². The van der Waals surface area contributed by atoms with Crippen LogP contribution >= 0.6 is 11.6 Å². The van der Waals surface area contributed by atoms with Crippen molar-refractivity contribution < 1.29 is 8.85 Å². The Labute approximate surface area is 110 Å². The van der Waals surface area contributed by atoms with E-state index in [9.17, 15) is 0 Å². The summed E-state index contributed by atoms with van der Waals surface area (Å²) in [5, 5.41) is 0.643. The summed E-state index contributed by atoms with van der Waals surface area (Å²) >= 11 is 6.11. The molecule has 0 fully saturated rings. The summed E-state index contributed by atoms with van der Waals surface area (Å²) in [6, 6.07) is 5.79. The van der Waals surface area contributed by atoms with Crippen LogP contribution in [0.4, 0.5) is 0 Å². The fourth-order valence-corrected chi connectivity index (χ4v) is 3.06. The lowest BCUT2D eigenvalue weighted by Crippen LogP contribution is -2.39. The highest BCUT2D eigenvalue weighted by atomic mass is 35.5. The maximum Gasteiger partial charge on any atom is 0.392 e. The fraction of sp³-hybridized carbons (Fsp3) is 0.538. The normalized spacial score (nSPS) is 11.9. The molecule has 1 aromatic rings. The van der Waals surface area contributed by atoms with Gasteiger partial charge >= 0.3 is 8.56 Å². The number of hydrogen-bond donors (Lipinski definition) is 0. The van der Waals surface area contributed by atoms with E-state index in [0.29, 0.717) is 10.9 Å². The molecule has 0 aromatic heterocycles. The van der Waals surface area contributed by atoms with Crippen LogP contribution in [0.15, 0.2) is 18.2 Å². The van der Waals surface area contributed by atoms with E-state index in [1.54, 1.807) is 0 Å². The molecular weight excluding hydrogens is 252 g/mol. The van der Waals surface area contributed by atoms with Crippen LogP contribution in [0.1, 0.15) is 19.4 Å². The lowest BCUT2D eigenvalue weighted by atomic mass is 10.2. The van der Waals surface area contributed by atoms with Gasteiger partial charge in [-0.1, -0.05) is 31.5 Å². The molecule has 0 saturated heterocycles. The highest BCUT2D eigenvalue weighted by molar-refractivity contribution is 6.65. The minimum atomic E-state index is -2.15. The van der Waals surface area contributed by atoms with Crippen molar-refractivity contribution in [3.8, 4) is 5.75 Å². The Balaban J connectivity index is 2.71. The molecule has 0 radical (unpaired) electrons. The lowest BCUT2D eigenvalue weighted by molar-refractivity contribution is 0.216. The van der Waals surface area contributed by atoms with Gasteiger partial charge in [-0.25, -0.2) is 0 Å².